The van der Waals surface area contributed by atoms with Crippen molar-refractivity contribution in [1.29, 1.82) is 0 Å². The van der Waals surface area contributed by atoms with Crippen LogP contribution >= 0.6 is 0 Å². The van der Waals surface area contributed by atoms with Crippen LogP contribution in [0.15, 0.2) is 12.2 Å². The van der Waals surface area contributed by atoms with Gasteiger partial charge in [0.2, 0.25) is 5.60 Å². The second-order valence-corrected chi connectivity index (χ2v) is 6.29. The van der Waals surface area contributed by atoms with E-state index >= 15 is 0 Å². The molecular weight excluding hydrogens is 280 g/mol. The summed E-state index contributed by atoms with van der Waals surface area (Å²) >= 11 is 0. The first-order valence-electron chi connectivity index (χ1n) is 8.69. The molecule has 0 unspecified atom stereocenters. The van der Waals surface area contributed by atoms with Crippen LogP contribution in [0.25, 0.3) is 0 Å². The number of hydrogen-bond donors (Lipinski definition) is 2. The van der Waals surface area contributed by atoms with Gasteiger partial charge in [-0.2, -0.15) is 0 Å². The summed E-state index contributed by atoms with van der Waals surface area (Å²) < 4.78 is 0. The molecule has 0 fully saturated rings. The fourth-order valence-electron chi connectivity index (χ4n) is 2.86. The third-order valence-electron chi connectivity index (χ3n) is 4.42. The molecule has 0 aromatic carbocycles. The second-order valence-electron chi connectivity index (χ2n) is 6.29. The predicted octanol–water partition coefficient (Wildman–Crippen LogP) is 3.10. The molecule has 0 aliphatic heterocycles. The largest absolute Gasteiger partial charge is 0.385 e. The zero-order chi connectivity index (χ0) is 16.4. The lowest BCUT2D eigenvalue weighted by Gasteiger charge is -2.23. The van der Waals surface area contributed by atoms with Gasteiger partial charge in [0.1, 0.15) is 6.10 Å². The molecule has 1 aliphatic rings. The lowest BCUT2D eigenvalue weighted by atomic mass is 9.89. The Morgan fingerprint density at radius 3 is 2.00 bits per heavy atom. The quantitative estimate of drug-likeness (QED) is 0.429. The van der Waals surface area contributed by atoms with Crippen LogP contribution in [0.1, 0.15) is 77.6 Å². The van der Waals surface area contributed by atoms with Gasteiger partial charge in [-0.25, -0.2) is 0 Å². The topological polar surface area (TPSA) is 74.6 Å². The fraction of sp³-hybridized carbons (Fsp3) is 0.778. The van der Waals surface area contributed by atoms with Gasteiger partial charge < -0.3 is 10.2 Å². The molecule has 1 aliphatic carbocycles. The summed E-state index contributed by atoms with van der Waals surface area (Å²) in [6, 6.07) is 0. The van der Waals surface area contributed by atoms with E-state index in [2.05, 4.69) is 6.92 Å². The fourth-order valence-corrected chi connectivity index (χ4v) is 2.86. The third-order valence-corrected chi connectivity index (χ3v) is 4.42. The molecule has 4 nitrogen and oxygen atoms in total. The highest BCUT2D eigenvalue weighted by Gasteiger charge is 2.50. The molecule has 0 saturated carbocycles. The Balaban J connectivity index is 2.05. The van der Waals surface area contributed by atoms with Gasteiger partial charge in [-0.1, -0.05) is 64.7 Å². The van der Waals surface area contributed by atoms with E-state index in [1.807, 2.05) is 0 Å². The first kappa shape index (κ1) is 19.0. The minimum atomic E-state index is -2.22. The van der Waals surface area contributed by atoms with Gasteiger partial charge in [0.25, 0.3) is 0 Å². The van der Waals surface area contributed by atoms with Crippen molar-refractivity contribution in [3.05, 3.63) is 12.2 Å². The number of ketones is 2. The molecule has 0 bridgehead atoms. The van der Waals surface area contributed by atoms with Gasteiger partial charge in [0.05, 0.1) is 0 Å². The molecule has 0 aromatic rings. The molecule has 0 aromatic heterocycles. The Labute approximate surface area is 133 Å². The van der Waals surface area contributed by atoms with E-state index in [9.17, 15) is 19.8 Å². The summed E-state index contributed by atoms with van der Waals surface area (Å²) in [4.78, 5) is 23.5. The van der Waals surface area contributed by atoms with Crippen molar-refractivity contribution in [2.75, 3.05) is 0 Å². The van der Waals surface area contributed by atoms with Crippen LogP contribution in [0.5, 0.6) is 0 Å². The van der Waals surface area contributed by atoms with Crippen molar-refractivity contribution in [2.24, 2.45) is 0 Å². The van der Waals surface area contributed by atoms with Gasteiger partial charge in [-0.05, 0) is 18.6 Å². The van der Waals surface area contributed by atoms with E-state index in [1.54, 1.807) is 0 Å². The van der Waals surface area contributed by atoms with Crippen molar-refractivity contribution in [3.8, 4) is 0 Å². The number of aliphatic hydroxyl groups is 2. The highest BCUT2D eigenvalue weighted by molar-refractivity contribution is 6.17. The number of unbranched alkanes of at least 4 members (excludes halogenated alkanes) is 9. The number of rotatable bonds is 12. The van der Waals surface area contributed by atoms with Gasteiger partial charge in [0, 0.05) is 6.42 Å². The van der Waals surface area contributed by atoms with Gasteiger partial charge in [0.15, 0.2) is 11.6 Å². The molecule has 4 heteroatoms. The lowest BCUT2D eigenvalue weighted by Crippen LogP contribution is -2.51. The highest BCUT2D eigenvalue weighted by Crippen LogP contribution is 2.24. The van der Waals surface area contributed by atoms with Crippen LogP contribution in [0.3, 0.4) is 0 Å². The summed E-state index contributed by atoms with van der Waals surface area (Å²) in [5.74, 6) is -1.26. The van der Waals surface area contributed by atoms with Crippen LogP contribution in [0.4, 0.5) is 0 Å². The van der Waals surface area contributed by atoms with Gasteiger partial charge in [-0.15, -0.1) is 0 Å². The Kier molecular flexibility index (Phi) is 8.57. The lowest BCUT2D eigenvalue weighted by molar-refractivity contribution is -0.154. The molecule has 2 N–H and O–H groups in total. The highest BCUT2D eigenvalue weighted by atomic mass is 16.4. The summed E-state index contributed by atoms with van der Waals surface area (Å²) in [6.45, 7) is 2.21. The van der Waals surface area contributed by atoms with E-state index in [1.165, 1.54) is 51.0 Å². The summed E-state index contributed by atoms with van der Waals surface area (Å²) in [5.41, 5.74) is -2.22. The van der Waals surface area contributed by atoms with Gasteiger partial charge >= 0.3 is 0 Å². The summed E-state index contributed by atoms with van der Waals surface area (Å²) in [6.07, 6.45) is 12.6. The van der Waals surface area contributed by atoms with Crippen molar-refractivity contribution in [3.63, 3.8) is 0 Å². The van der Waals surface area contributed by atoms with E-state index in [4.69, 9.17) is 0 Å². The maximum absolute atomic E-state index is 12.0. The number of carbonyl (C=O) groups excluding carboxylic acids is 2. The Morgan fingerprint density at radius 1 is 1.05 bits per heavy atom. The molecule has 0 amide bonds. The average Bonchev–Trinajstić information content (AvgIpc) is 2.77. The molecular formula is C18H30O4. The van der Waals surface area contributed by atoms with Crippen molar-refractivity contribution in [2.45, 2.75) is 89.3 Å². The SMILES string of the molecule is CCCCCCCCCCCCC(=O)[C@@]1(O)C(=O)C=C[C@H]1O. The minimum absolute atomic E-state index is 0.150. The average molecular weight is 310 g/mol. The van der Waals surface area contributed by atoms with E-state index in [-0.39, 0.29) is 6.42 Å². The normalized spacial score (nSPS) is 24.1. The van der Waals surface area contributed by atoms with Crippen LogP contribution in [0, 0.1) is 0 Å². The molecule has 22 heavy (non-hydrogen) atoms. The second kappa shape index (κ2) is 9.90. The zero-order valence-corrected chi connectivity index (χ0v) is 13.7. The molecule has 2 atom stereocenters. The number of aliphatic hydroxyl groups excluding tert-OH is 1. The maximum atomic E-state index is 12.0. The van der Waals surface area contributed by atoms with Gasteiger partial charge in [-0.3, -0.25) is 9.59 Å². The van der Waals surface area contributed by atoms with Crippen LogP contribution in [-0.4, -0.2) is 33.5 Å². The third kappa shape index (κ3) is 5.33. The first-order chi connectivity index (χ1) is 10.5. The van der Waals surface area contributed by atoms with E-state index < -0.39 is 23.3 Å². The van der Waals surface area contributed by atoms with Crippen LogP contribution in [0.2, 0.25) is 0 Å². The van der Waals surface area contributed by atoms with Crippen LogP contribution in [-0.2, 0) is 9.59 Å². The summed E-state index contributed by atoms with van der Waals surface area (Å²) in [5, 5.41) is 19.6. The number of hydrogen-bond acceptors (Lipinski definition) is 4. The maximum Gasteiger partial charge on any atom is 0.215 e. The van der Waals surface area contributed by atoms with Crippen LogP contribution < -0.4 is 0 Å². The Hall–Kier alpha value is -1.00. The molecule has 1 rings (SSSR count). The monoisotopic (exact) mass is 310 g/mol. The van der Waals surface area contributed by atoms with E-state index in [0.29, 0.717) is 6.42 Å². The van der Waals surface area contributed by atoms with Crippen molar-refractivity contribution in [1.82, 2.24) is 0 Å². The molecule has 0 heterocycles. The molecule has 0 radical (unpaired) electrons. The molecule has 0 spiro atoms. The number of carbonyl (C=O) groups is 2. The van der Waals surface area contributed by atoms with Crippen molar-refractivity contribution < 1.29 is 19.8 Å². The predicted molar refractivity (Wildman–Crippen MR) is 86.6 cm³/mol. The first-order valence-corrected chi connectivity index (χ1v) is 8.69. The Bertz CT molecular complexity index is 389. The van der Waals surface area contributed by atoms with Crippen molar-refractivity contribution >= 4 is 11.6 Å². The minimum Gasteiger partial charge on any atom is -0.385 e. The number of Topliss-reactive ketones (excluding diaryl/α,β-unsaturated/α-hetero) is 1. The summed E-state index contributed by atoms with van der Waals surface area (Å²) in [7, 11) is 0. The smallest absolute Gasteiger partial charge is 0.215 e. The standard InChI is InChI=1S/C18H30O4/c1-2-3-4-5-6-7-8-9-10-11-12-15(19)18(22)16(20)13-14-17(18)21/h13-14,16,20,22H,2-12H2,1H3/t16-,18+/m1/s1. The molecule has 126 valence electrons. The Morgan fingerprint density at radius 2 is 1.55 bits per heavy atom. The van der Waals surface area contributed by atoms with E-state index in [0.717, 1.165) is 18.9 Å². The zero-order valence-electron chi connectivity index (χ0n) is 13.7. The molecule has 0 saturated heterocycles.